The number of ether oxygens (including phenoxy) is 2. The van der Waals surface area contributed by atoms with Crippen molar-refractivity contribution < 1.29 is 45.9 Å². The van der Waals surface area contributed by atoms with Gasteiger partial charge < -0.3 is 25.0 Å². The molecule has 0 radical (unpaired) electrons. The van der Waals surface area contributed by atoms with Crippen molar-refractivity contribution in [1.29, 1.82) is 0 Å². The maximum Gasteiger partial charge on any atom is 0.407 e. The van der Waals surface area contributed by atoms with Crippen LogP contribution in [-0.4, -0.2) is 89.7 Å². The Kier molecular flexibility index (Phi) is 10.0. The van der Waals surface area contributed by atoms with Gasteiger partial charge in [-0.3, -0.25) is 19.1 Å². The Balaban J connectivity index is 1.18. The number of rotatable bonds is 3. The van der Waals surface area contributed by atoms with Crippen LogP contribution in [0.15, 0.2) is 48.6 Å². The Labute approximate surface area is 323 Å². The number of para-hydroxylation sites is 2. The SMILES string of the molecule is O=C1N[C@H]2CCCCC/C=C/[C@@H]3C[C@@]3(C(=O)NS(=O)(=O)C3CC3)NC(=O)C3CN(C[C@@H]3Oc3nc4ccccc4nc3C(F)(F)/C=C/CC3(CCC3)CO1)C2=O. The molecule has 4 fully saturated rings. The third-order valence-corrected chi connectivity index (χ3v) is 13.9. The normalized spacial score (nSPS) is 31.8. The standard InChI is InChI=1S/C39H46F2N6O8S/c40-39(41)19-9-18-37(16-8-17-37)23-54-36(51)44-29-13-5-3-1-2-4-10-24-20-38(24,35(50)46-56(52,53)25-14-15-25)45-32(48)26-21-47(34(29)49)22-30(26)55-33-31(39)42-27-11-6-7-12-28(27)43-33/h4,6-7,9-12,19,24-26,29-30H,1-3,5,8,13-18,20-23H2,(H,44,51)(H,45,48)(H,46,50)/b10-4+,19-9+/t24-,26?,29+,30+,38-/m1/s1. The highest BCUT2D eigenvalue weighted by molar-refractivity contribution is 7.91. The fraction of sp³-hybridized carbons (Fsp3) is 0.590. The third-order valence-electron chi connectivity index (χ3n) is 12.1. The van der Waals surface area contributed by atoms with Gasteiger partial charge in [-0.2, -0.15) is 8.78 Å². The van der Waals surface area contributed by atoms with Gasteiger partial charge in [0.1, 0.15) is 17.7 Å². The number of hydrogen-bond donors (Lipinski definition) is 3. The average molecular weight is 797 g/mol. The minimum Gasteiger partial charge on any atom is -0.470 e. The molecule has 4 bridgehead atoms. The second kappa shape index (κ2) is 14.7. The highest BCUT2D eigenvalue weighted by atomic mass is 32.2. The Morgan fingerprint density at radius 2 is 1.73 bits per heavy atom. The van der Waals surface area contributed by atoms with Crippen molar-refractivity contribution in [3.05, 3.63) is 54.3 Å². The van der Waals surface area contributed by atoms with E-state index in [1.807, 2.05) is 6.08 Å². The van der Waals surface area contributed by atoms with E-state index in [1.54, 1.807) is 30.3 Å². The summed E-state index contributed by atoms with van der Waals surface area (Å²) in [5, 5.41) is 4.86. The van der Waals surface area contributed by atoms with E-state index in [0.717, 1.165) is 25.3 Å². The minimum absolute atomic E-state index is 0.0154. The number of hydrogen-bond acceptors (Lipinski definition) is 10. The number of nitrogens with zero attached hydrogens (tertiary/aromatic N) is 3. The molecule has 1 saturated heterocycles. The summed E-state index contributed by atoms with van der Waals surface area (Å²) < 4.78 is 72.4. The first-order valence-corrected chi connectivity index (χ1v) is 21.1. The van der Waals surface area contributed by atoms with Gasteiger partial charge in [0.2, 0.25) is 27.7 Å². The van der Waals surface area contributed by atoms with E-state index in [2.05, 4.69) is 25.3 Å². The molecule has 8 rings (SSSR count). The molecule has 3 aliphatic heterocycles. The molecule has 3 aliphatic carbocycles. The summed E-state index contributed by atoms with van der Waals surface area (Å²) in [6.45, 7) is -0.517. The van der Waals surface area contributed by atoms with Crippen LogP contribution in [0.2, 0.25) is 0 Å². The van der Waals surface area contributed by atoms with Gasteiger partial charge in [-0.05, 0) is 76.0 Å². The van der Waals surface area contributed by atoms with Crippen LogP contribution in [-0.2, 0) is 35.1 Å². The largest absolute Gasteiger partial charge is 0.470 e. The van der Waals surface area contributed by atoms with E-state index < -0.39 is 91.5 Å². The summed E-state index contributed by atoms with van der Waals surface area (Å²) in [7, 11) is -3.96. The maximum absolute atomic E-state index is 16.3. The molecule has 1 spiro atoms. The number of aromatic nitrogens is 2. The van der Waals surface area contributed by atoms with Crippen LogP contribution < -0.4 is 20.1 Å². The Morgan fingerprint density at radius 1 is 0.964 bits per heavy atom. The molecule has 1 unspecified atom stereocenters. The van der Waals surface area contributed by atoms with E-state index in [4.69, 9.17) is 9.47 Å². The van der Waals surface area contributed by atoms with Crippen molar-refractivity contribution in [3.8, 4) is 5.88 Å². The summed E-state index contributed by atoms with van der Waals surface area (Å²) in [5.74, 6) is -8.05. The molecule has 4 heterocycles. The molecule has 17 heteroatoms. The lowest BCUT2D eigenvalue weighted by atomic mass is 9.67. The minimum atomic E-state index is -3.96. The van der Waals surface area contributed by atoms with Gasteiger partial charge >= 0.3 is 12.0 Å². The first-order chi connectivity index (χ1) is 26.8. The van der Waals surface area contributed by atoms with E-state index in [1.165, 1.54) is 11.0 Å². The molecule has 14 nitrogen and oxygen atoms in total. The number of halogens is 2. The summed E-state index contributed by atoms with van der Waals surface area (Å²) in [6, 6.07) is 5.45. The number of carbonyl (C=O) groups excluding carboxylic acids is 4. The van der Waals surface area contributed by atoms with Crippen molar-refractivity contribution in [1.82, 2.24) is 30.2 Å². The summed E-state index contributed by atoms with van der Waals surface area (Å²) in [4.78, 5) is 65.8. The Bertz CT molecular complexity index is 2090. The van der Waals surface area contributed by atoms with Crippen molar-refractivity contribution in [2.24, 2.45) is 17.3 Å². The van der Waals surface area contributed by atoms with E-state index >= 15 is 8.78 Å². The molecule has 300 valence electrons. The molecule has 1 aromatic heterocycles. The zero-order chi connectivity index (χ0) is 39.3. The van der Waals surface area contributed by atoms with Crippen molar-refractivity contribution >= 4 is 44.9 Å². The molecule has 5 atom stereocenters. The molecule has 1 aromatic carbocycles. The molecule has 2 aromatic rings. The second-order valence-electron chi connectivity index (χ2n) is 16.2. The monoisotopic (exact) mass is 796 g/mol. The van der Waals surface area contributed by atoms with E-state index in [0.29, 0.717) is 38.5 Å². The van der Waals surface area contributed by atoms with Crippen LogP contribution >= 0.6 is 0 Å². The highest BCUT2D eigenvalue weighted by Crippen LogP contribution is 2.47. The van der Waals surface area contributed by atoms with Crippen LogP contribution in [0.1, 0.15) is 82.7 Å². The van der Waals surface area contributed by atoms with Crippen molar-refractivity contribution in [3.63, 3.8) is 0 Å². The number of alkyl carbamates (subject to hydrolysis) is 1. The van der Waals surface area contributed by atoms with E-state index in [-0.39, 0.29) is 50.0 Å². The summed E-state index contributed by atoms with van der Waals surface area (Å²) >= 11 is 0. The van der Waals surface area contributed by atoms with Gasteiger partial charge in [0.05, 0.1) is 35.4 Å². The van der Waals surface area contributed by atoms with Gasteiger partial charge in [0.25, 0.3) is 5.91 Å². The number of alkyl halides is 2. The zero-order valence-corrected chi connectivity index (χ0v) is 31.7. The molecule has 3 saturated carbocycles. The molecule has 3 N–H and O–H groups in total. The van der Waals surface area contributed by atoms with Crippen LogP contribution in [0.4, 0.5) is 13.6 Å². The molecular formula is C39H46F2N6O8S. The number of amides is 4. The second-order valence-corrected chi connectivity index (χ2v) is 18.2. The van der Waals surface area contributed by atoms with Crippen LogP contribution in [0.25, 0.3) is 11.0 Å². The first kappa shape index (κ1) is 38.2. The predicted molar refractivity (Wildman–Crippen MR) is 198 cm³/mol. The maximum atomic E-state index is 16.3. The van der Waals surface area contributed by atoms with Gasteiger partial charge in [-0.15, -0.1) is 0 Å². The first-order valence-electron chi connectivity index (χ1n) is 19.5. The number of carbonyl (C=O) groups is 4. The zero-order valence-electron chi connectivity index (χ0n) is 30.9. The van der Waals surface area contributed by atoms with Gasteiger partial charge in [-0.25, -0.2) is 23.2 Å². The molecule has 56 heavy (non-hydrogen) atoms. The number of cyclic esters (lactones) is 1. The third kappa shape index (κ3) is 7.70. The topological polar surface area (TPSA) is 186 Å². The predicted octanol–water partition coefficient (Wildman–Crippen LogP) is 4.16. The molecular weight excluding hydrogens is 751 g/mol. The van der Waals surface area contributed by atoms with Crippen molar-refractivity contribution in [2.75, 3.05) is 19.7 Å². The number of benzene rings is 1. The molecule has 4 amide bonds. The average Bonchev–Trinajstić information content (AvgIpc) is 4.07. The fourth-order valence-corrected chi connectivity index (χ4v) is 9.64. The smallest absolute Gasteiger partial charge is 0.407 e. The fourth-order valence-electron chi connectivity index (χ4n) is 8.28. The summed E-state index contributed by atoms with van der Waals surface area (Å²) in [5.41, 5.74) is -2.43. The molecule has 6 aliphatic rings. The lowest BCUT2D eigenvalue weighted by Crippen LogP contribution is -2.55. The lowest BCUT2D eigenvalue weighted by molar-refractivity contribution is -0.134. The van der Waals surface area contributed by atoms with E-state index in [9.17, 15) is 27.6 Å². The van der Waals surface area contributed by atoms with Crippen LogP contribution in [0.3, 0.4) is 0 Å². The lowest BCUT2D eigenvalue weighted by Gasteiger charge is -2.40. The number of allylic oxidation sites excluding steroid dienone is 3. The van der Waals surface area contributed by atoms with Crippen LogP contribution in [0, 0.1) is 17.3 Å². The number of sulfonamides is 1. The van der Waals surface area contributed by atoms with Gasteiger partial charge in [0.15, 0.2) is 5.69 Å². The van der Waals surface area contributed by atoms with Gasteiger partial charge in [0, 0.05) is 17.9 Å². The quantitative estimate of drug-likeness (QED) is 0.381. The Hall–Kier alpha value is -4.67. The number of nitrogens with one attached hydrogen (secondary N) is 3. The highest BCUT2D eigenvalue weighted by Gasteiger charge is 2.62. The van der Waals surface area contributed by atoms with Crippen molar-refractivity contribution in [2.45, 2.75) is 106 Å². The van der Waals surface area contributed by atoms with Gasteiger partial charge in [-0.1, -0.05) is 49.6 Å². The summed E-state index contributed by atoms with van der Waals surface area (Å²) in [6.07, 6.45) is 10.1. The number of fused-ring (bicyclic) bond motifs is 7. The Morgan fingerprint density at radius 3 is 2.46 bits per heavy atom. The van der Waals surface area contributed by atoms with Crippen LogP contribution in [0.5, 0.6) is 5.88 Å².